The minimum atomic E-state index is -3.83. The molecule has 0 unspecified atom stereocenters. The van der Waals surface area contributed by atoms with Gasteiger partial charge in [0.15, 0.2) is 11.5 Å². The molecule has 25 heavy (non-hydrogen) atoms. The first-order valence-corrected chi connectivity index (χ1v) is 9.32. The number of nitrogens with zero attached hydrogens (tertiary/aromatic N) is 3. The van der Waals surface area contributed by atoms with Crippen LogP contribution >= 0.6 is 11.3 Å². The van der Waals surface area contributed by atoms with Gasteiger partial charge in [-0.2, -0.15) is 0 Å². The van der Waals surface area contributed by atoms with Crippen LogP contribution in [0.2, 0.25) is 0 Å². The van der Waals surface area contributed by atoms with E-state index in [9.17, 15) is 8.42 Å². The van der Waals surface area contributed by atoms with Crippen molar-refractivity contribution in [2.75, 3.05) is 18.9 Å². The van der Waals surface area contributed by atoms with E-state index in [4.69, 9.17) is 9.47 Å². The maximum Gasteiger partial charge on any atom is 0.263 e. The van der Waals surface area contributed by atoms with E-state index >= 15 is 0 Å². The van der Waals surface area contributed by atoms with Crippen LogP contribution in [0.5, 0.6) is 11.5 Å². The molecule has 3 aromatic rings. The second-order valence-electron chi connectivity index (χ2n) is 4.77. The molecule has 3 rings (SSSR count). The normalized spacial score (nSPS) is 11.1. The summed E-state index contributed by atoms with van der Waals surface area (Å²) >= 11 is 1.13. The van der Waals surface area contributed by atoms with Gasteiger partial charge in [0.1, 0.15) is 5.01 Å². The van der Waals surface area contributed by atoms with E-state index in [1.807, 2.05) is 0 Å². The number of methoxy groups -OCH3 is 2. The van der Waals surface area contributed by atoms with Crippen molar-refractivity contribution in [2.24, 2.45) is 0 Å². The van der Waals surface area contributed by atoms with Crippen molar-refractivity contribution in [3.8, 4) is 22.1 Å². The molecular formula is C15H14N4O4S2. The second-order valence-corrected chi connectivity index (χ2v) is 7.43. The smallest absolute Gasteiger partial charge is 0.263 e. The quantitative estimate of drug-likeness (QED) is 0.702. The van der Waals surface area contributed by atoms with Crippen LogP contribution in [-0.4, -0.2) is 37.8 Å². The molecule has 1 aromatic carbocycles. The van der Waals surface area contributed by atoms with Gasteiger partial charge in [-0.1, -0.05) is 11.3 Å². The van der Waals surface area contributed by atoms with Gasteiger partial charge < -0.3 is 9.47 Å². The number of anilines is 1. The molecule has 130 valence electrons. The van der Waals surface area contributed by atoms with Gasteiger partial charge in [0.2, 0.25) is 5.13 Å². The monoisotopic (exact) mass is 378 g/mol. The number of hydrogen-bond acceptors (Lipinski definition) is 8. The number of benzene rings is 1. The van der Waals surface area contributed by atoms with E-state index in [2.05, 4.69) is 19.9 Å². The number of aromatic nitrogens is 3. The molecule has 1 N–H and O–H groups in total. The van der Waals surface area contributed by atoms with Gasteiger partial charge in [-0.25, -0.2) is 8.42 Å². The van der Waals surface area contributed by atoms with Crippen molar-refractivity contribution in [1.82, 2.24) is 15.2 Å². The van der Waals surface area contributed by atoms with Gasteiger partial charge in [0, 0.05) is 24.0 Å². The third kappa shape index (κ3) is 3.69. The Balaban J connectivity index is 1.86. The Bertz CT molecular complexity index is 974. The molecule has 0 atom stereocenters. The Morgan fingerprint density at radius 1 is 1.00 bits per heavy atom. The Hall–Kier alpha value is -2.72. The first-order valence-electron chi connectivity index (χ1n) is 7.02. The molecule has 0 bridgehead atoms. The van der Waals surface area contributed by atoms with Crippen molar-refractivity contribution >= 4 is 26.5 Å². The Labute approximate surface area is 148 Å². The molecule has 0 aliphatic carbocycles. The zero-order valence-corrected chi connectivity index (χ0v) is 15.0. The summed E-state index contributed by atoms with van der Waals surface area (Å²) in [6.07, 6.45) is 3.26. The first-order chi connectivity index (χ1) is 12.0. The van der Waals surface area contributed by atoms with Gasteiger partial charge in [0.05, 0.1) is 19.1 Å². The van der Waals surface area contributed by atoms with Crippen LogP contribution in [0, 0.1) is 0 Å². The minimum Gasteiger partial charge on any atom is -0.493 e. The van der Waals surface area contributed by atoms with Gasteiger partial charge >= 0.3 is 0 Å². The molecule has 0 amide bonds. The number of rotatable bonds is 6. The first kappa shape index (κ1) is 17.1. The molecule has 0 aliphatic heterocycles. The highest BCUT2D eigenvalue weighted by Crippen LogP contribution is 2.31. The highest BCUT2D eigenvalue weighted by atomic mass is 32.2. The lowest BCUT2D eigenvalue weighted by molar-refractivity contribution is 0.354. The summed E-state index contributed by atoms with van der Waals surface area (Å²) < 4.78 is 37.7. The zero-order valence-electron chi connectivity index (χ0n) is 13.3. The lowest BCUT2D eigenvalue weighted by Gasteiger charge is -2.10. The van der Waals surface area contributed by atoms with Crippen LogP contribution < -0.4 is 14.2 Å². The van der Waals surface area contributed by atoms with Gasteiger partial charge in [-0.05, 0) is 24.3 Å². The third-order valence-corrected chi connectivity index (χ3v) is 5.59. The van der Waals surface area contributed by atoms with Crippen LogP contribution in [-0.2, 0) is 10.0 Å². The van der Waals surface area contributed by atoms with Crippen LogP contribution in [0.15, 0.2) is 47.6 Å². The molecular weight excluding hydrogens is 364 g/mol. The average Bonchev–Trinajstić information content (AvgIpc) is 3.09. The maximum atomic E-state index is 12.5. The number of sulfonamides is 1. The Kier molecular flexibility index (Phi) is 4.81. The fourth-order valence-corrected chi connectivity index (χ4v) is 4.03. The van der Waals surface area contributed by atoms with Crippen molar-refractivity contribution in [3.05, 3.63) is 42.7 Å². The number of ether oxygens (including phenoxy) is 2. The molecule has 0 saturated carbocycles. The van der Waals surface area contributed by atoms with E-state index < -0.39 is 10.0 Å². The van der Waals surface area contributed by atoms with E-state index in [0.717, 1.165) is 16.9 Å². The van der Waals surface area contributed by atoms with Crippen molar-refractivity contribution in [3.63, 3.8) is 0 Å². The summed E-state index contributed by atoms with van der Waals surface area (Å²) in [7, 11) is -0.914. The summed E-state index contributed by atoms with van der Waals surface area (Å²) in [6.45, 7) is 0. The SMILES string of the molecule is COc1ccc(S(=O)(=O)Nc2nnc(-c3ccncc3)s2)cc1OC. The van der Waals surface area contributed by atoms with E-state index in [0.29, 0.717) is 16.5 Å². The summed E-state index contributed by atoms with van der Waals surface area (Å²) in [5.41, 5.74) is 0.809. The van der Waals surface area contributed by atoms with Crippen molar-refractivity contribution in [1.29, 1.82) is 0 Å². The zero-order chi connectivity index (χ0) is 17.9. The second kappa shape index (κ2) is 7.03. The van der Waals surface area contributed by atoms with E-state index in [1.54, 1.807) is 24.5 Å². The largest absolute Gasteiger partial charge is 0.493 e. The van der Waals surface area contributed by atoms with E-state index in [1.165, 1.54) is 32.4 Å². The van der Waals surface area contributed by atoms with Crippen molar-refractivity contribution < 1.29 is 17.9 Å². The predicted octanol–water partition coefficient (Wildman–Crippen LogP) is 2.42. The van der Waals surface area contributed by atoms with Crippen LogP contribution in [0.25, 0.3) is 10.6 Å². The lowest BCUT2D eigenvalue weighted by atomic mass is 10.3. The molecule has 0 spiro atoms. The minimum absolute atomic E-state index is 0.0332. The standard InChI is InChI=1S/C15H14N4O4S2/c1-22-12-4-3-11(9-13(12)23-2)25(20,21)19-15-18-17-14(24-15)10-5-7-16-8-6-10/h3-9H,1-2H3,(H,18,19). The van der Waals surface area contributed by atoms with Crippen LogP contribution in [0.3, 0.4) is 0 Å². The Morgan fingerprint density at radius 2 is 1.72 bits per heavy atom. The topological polar surface area (TPSA) is 103 Å². The average molecular weight is 378 g/mol. The third-order valence-electron chi connectivity index (χ3n) is 3.24. The summed E-state index contributed by atoms with van der Waals surface area (Å²) in [6, 6.07) is 7.87. The summed E-state index contributed by atoms with van der Waals surface area (Å²) in [4.78, 5) is 3.96. The van der Waals surface area contributed by atoms with Gasteiger partial charge in [-0.3, -0.25) is 9.71 Å². The highest BCUT2D eigenvalue weighted by molar-refractivity contribution is 7.93. The Morgan fingerprint density at radius 3 is 2.40 bits per heavy atom. The van der Waals surface area contributed by atoms with E-state index in [-0.39, 0.29) is 10.0 Å². The van der Waals surface area contributed by atoms with Crippen molar-refractivity contribution in [2.45, 2.75) is 4.90 Å². The molecule has 2 heterocycles. The number of pyridine rings is 1. The molecule has 0 radical (unpaired) electrons. The lowest BCUT2D eigenvalue weighted by Crippen LogP contribution is -2.13. The molecule has 2 aromatic heterocycles. The molecule has 8 nitrogen and oxygen atoms in total. The predicted molar refractivity (Wildman–Crippen MR) is 93.5 cm³/mol. The van der Waals surface area contributed by atoms with Crippen LogP contribution in [0.1, 0.15) is 0 Å². The number of hydrogen-bond donors (Lipinski definition) is 1. The fourth-order valence-electron chi connectivity index (χ4n) is 2.03. The molecule has 0 fully saturated rings. The molecule has 10 heteroatoms. The maximum absolute atomic E-state index is 12.5. The summed E-state index contributed by atoms with van der Waals surface area (Å²) in [5.74, 6) is 0.762. The van der Waals surface area contributed by atoms with Gasteiger partial charge in [0.25, 0.3) is 10.0 Å². The van der Waals surface area contributed by atoms with Crippen LogP contribution in [0.4, 0.5) is 5.13 Å². The molecule has 0 aliphatic rings. The fraction of sp³-hybridized carbons (Fsp3) is 0.133. The molecule has 0 saturated heterocycles. The van der Waals surface area contributed by atoms with Gasteiger partial charge in [-0.15, -0.1) is 10.2 Å². The highest BCUT2D eigenvalue weighted by Gasteiger charge is 2.19. The summed E-state index contributed by atoms with van der Waals surface area (Å²) in [5, 5.41) is 8.63. The number of nitrogens with one attached hydrogen (secondary N) is 1.